The number of hydrogen-bond acceptors (Lipinski definition) is 5. The Morgan fingerprint density at radius 1 is 0.733 bits per heavy atom. The number of rotatable bonds is 21. The van der Waals surface area contributed by atoms with Gasteiger partial charge in [-0.25, -0.2) is 0 Å². The Hall–Kier alpha value is -1.10. The third-order valence-electron chi connectivity index (χ3n) is 5.33. The molecule has 0 fully saturated rings. The Morgan fingerprint density at radius 2 is 1.23 bits per heavy atom. The van der Waals surface area contributed by atoms with Crippen LogP contribution in [0.3, 0.4) is 0 Å². The zero-order chi connectivity index (χ0) is 22.5. The highest BCUT2D eigenvalue weighted by atomic mass is 16.6. The van der Waals surface area contributed by atoms with E-state index in [9.17, 15) is 14.7 Å². The van der Waals surface area contributed by atoms with Gasteiger partial charge in [0.05, 0.1) is 6.61 Å². The summed E-state index contributed by atoms with van der Waals surface area (Å²) in [6, 6.07) is 0. The first-order valence-corrected chi connectivity index (χ1v) is 12.5. The lowest BCUT2D eigenvalue weighted by Gasteiger charge is -2.15. The molecule has 0 saturated heterocycles. The molecule has 0 aromatic rings. The lowest BCUT2D eigenvalue weighted by molar-refractivity contribution is -0.161. The van der Waals surface area contributed by atoms with E-state index in [1.807, 2.05) is 0 Å². The van der Waals surface area contributed by atoms with Crippen LogP contribution in [0.4, 0.5) is 0 Å². The third kappa shape index (κ3) is 20.2. The first-order valence-electron chi connectivity index (χ1n) is 12.5. The molecule has 0 spiro atoms. The molecule has 30 heavy (non-hydrogen) atoms. The highest BCUT2D eigenvalue weighted by Gasteiger charge is 2.16. The average molecular weight is 429 g/mol. The molecule has 5 heteroatoms. The molecule has 0 aliphatic carbocycles. The molecule has 0 amide bonds. The summed E-state index contributed by atoms with van der Waals surface area (Å²) >= 11 is 0. The summed E-state index contributed by atoms with van der Waals surface area (Å²) in [5.74, 6) is 0.173. The van der Waals surface area contributed by atoms with Gasteiger partial charge in [-0.3, -0.25) is 9.59 Å². The summed E-state index contributed by atoms with van der Waals surface area (Å²) in [6.45, 7) is 6.31. The van der Waals surface area contributed by atoms with Crippen LogP contribution in [0.2, 0.25) is 0 Å². The summed E-state index contributed by atoms with van der Waals surface area (Å²) in [7, 11) is 0. The van der Waals surface area contributed by atoms with Crippen molar-refractivity contribution in [1.29, 1.82) is 0 Å². The van der Waals surface area contributed by atoms with Crippen LogP contribution < -0.4 is 0 Å². The van der Waals surface area contributed by atoms with Gasteiger partial charge in [-0.2, -0.15) is 0 Å². The Morgan fingerprint density at radius 3 is 1.77 bits per heavy atom. The fraction of sp³-hybridized carbons (Fsp3) is 0.920. The molecule has 0 radical (unpaired) electrons. The topological polar surface area (TPSA) is 72.8 Å². The number of unbranched alkanes of at least 4 members (excludes halogenated alkanes) is 11. The van der Waals surface area contributed by atoms with E-state index in [0.717, 1.165) is 44.4 Å². The van der Waals surface area contributed by atoms with Crippen LogP contribution in [-0.4, -0.2) is 36.4 Å². The maximum Gasteiger partial charge on any atom is 0.306 e. The van der Waals surface area contributed by atoms with Gasteiger partial charge in [0, 0.05) is 12.8 Å². The van der Waals surface area contributed by atoms with Crippen LogP contribution in [0, 0.1) is 5.92 Å². The third-order valence-corrected chi connectivity index (χ3v) is 5.33. The smallest absolute Gasteiger partial charge is 0.306 e. The number of hydrogen-bond donors (Lipinski definition) is 1. The minimum Gasteiger partial charge on any atom is -0.462 e. The van der Waals surface area contributed by atoms with Crippen molar-refractivity contribution in [3.05, 3.63) is 0 Å². The van der Waals surface area contributed by atoms with Crippen LogP contribution in [0.15, 0.2) is 0 Å². The molecule has 0 unspecified atom stereocenters. The van der Waals surface area contributed by atoms with Crippen molar-refractivity contribution in [3.63, 3.8) is 0 Å². The van der Waals surface area contributed by atoms with Gasteiger partial charge in [-0.1, -0.05) is 97.8 Å². The first kappa shape index (κ1) is 28.9. The van der Waals surface area contributed by atoms with Gasteiger partial charge < -0.3 is 14.6 Å². The number of esters is 2. The van der Waals surface area contributed by atoms with Gasteiger partial charge in [0.2, 0.25) is 0 Å². The highest BCUT2D eigenvalue weighted by molar-refractivity contribution is 5.70. The van der Waals surface area contributed by atoms with Crippen LogP contribution in [0.5, 0.6) is 0 Å². The fourth-order valence-electron chi connectivity index (χ4n) is 3.38. The molecular weight excluding hydrogens is 380 g/mol. The van der Waals surface area contributed by atoms with Crippen molar-refractivity contribution < 1.29 is 24.2 Å². The molecule has 0 rings (SSSR count). The second kappa shape index (κ2) is 21.1. The Balaban J connectivity index is 3.66. The van der Waals surface area contributed by atoms with Crippen molar-refractivity contribution in [3.8, 4) is 0 Å². The van der Waals surface area contributed by atoms with E-state index in [2.05, 4.69) is 20.8 Å². The monoisotopic (exact) mass is 428 g/mol. The van der Waals surface area contributed by atoms with Gasteiger partial charge in [-0.05, 0) is 18.8 Å². The van der Waals surface area contributed by atoms with E-state index in [-0.39, 0.29) is 25.2 Å². The van der Waals surface area contributed by atoms with Gasteiger partial charge in [0.25, 0.3) is 0 Å². The molecule has 0 saturated carbocycles. The average Bonchev–Trinajstić information content (AvgIpc) is 2.72. The summed E-state index contributed by atoms with van der Waals surface area (Å²) in [5.41, 5.74) is 0. The number of carbonyl (C=O) groups is 2. The predicted octanol–water partition coefficient (Wildman–Crippen LogP) is 6.35. The molecule has 0 aliphatic heterocycles. The number of ether oxygens (including phenoxy) is 2. The molecule has 0 aliphatic rings. The zero-order valence-electron chi connectivity index (χ0n) is 20.0. The van der Waals surface area contributed by atoms with Crippen molar-refractivity contribution >= 4 is 11.9 Å². The lowest BCUT2D eigenvalue weighted by Crippen LogP contribution is -2.28. The van der Waals surface area contributed by atoms with Gasteiger partial charge in [0.1, 0.15) is 6.61 Å². The Kier molecular flexibility index (Phi) is 20.4. The van der Waals surface area contributed by atoms with Gasteiger partial charge >= 0.3 is 11.9 Å². The van der Waals surface area contributed by atoms with Gasteiger partial charge in [-0.15, -0.1) is 0 Å². The second-order valence-electron chi connectivity index (χ2n) is 8.90. The number of aliphatic hydroxyl groups is 1. The Bertz CT molecular complexity index is 408. The minimum absolute atomic E-state index is 0.0621. The molecule has 178 valence electrons. The van der Waals surface area contributed by atoms with E-state index in [1.54, 1.807) is 0 Å². The molecule has 0 aromatic heterocycles. The van der Waals surface area contributed by atoms with Crippen LogP contribution in [0.25, 0.3) is 0 Å². The predicted molar refractivity (Wildman–Crippen MR) is 122 cm³/mol. The quantitative estimate of drug-likeness (QED) is 0.170. The summed E-state index contributed by atoms with van der Waals surface area (Å²) in [6.07, 6.45) is 16.0. The van der Waals surface area contributed by atoms with E-state index < -0.39 is 6.10 Å². The first-order chi connectivity index (χ1) is 14.5. The molecule has 0 bridgehead atoms. The largest absolute Gasteiger partial charge is 0.462 e. The molecule has 1 atom stereocenters. The van der Waals surface area contributed by atoms with E-state index in [0.29, 0.717) is 12.8 Å². The highest BCUT2D eigenvalue weighted by Crippen LogP contribution is 2.13. The zero-order valence-corrected chi connectivity index (χ0v) is 20.0. The van der Waals surface area contributed by atoms with Crippen LogP contribution in [-0.2, 0) is 19.1 Å². The van der Waals surface area contributed by atoms with Crippen LogP contribution >= 0.6 is 0 Å². The molecular formula is C25H48O5. The lowest BCUT2D eigenvalue weighted by atomic mass is 10.0. The van der Waals surface area contributed by atoms with Crippen molar-refractivity contribution in [1.82, 2.24) is 0 Å². The summed E-state index contributed by atoms with van der Waals surface area (Å²) in [5, 5.41) is 9.37. The molecule has 5 nitrogen and oxygen atoms in total. The molecule has 0 heterocycles. The van der Waals surface area contributed by atoms with Crippen molar-refractivity contribution in [2.24, 2.45) is 5.92 Å². The van der Waals surface area contributed by atoms with E-state index in [1.165, 1.54) is 51.4 Å². The van der Waals surface area contributed by atoms with E-state index >= 15 is 0 Å². The van der Waals surface area contributed by atoms with Gasteiger partial charge in [0.15, 0.2) is 6.10 Å². The van der Waals surface area contributed by atoms with Crippen molar-refractivity contribution in [2.45, 2.75) is 130 Å². The number of aliphatic hydroxyl groups excluding tert-OH is 1. The van der Waals surface area contributed by atoms with Crippen LogP contribution in [0.1, 0.15) is 124 Å². The fourth-order valence-corrected chi connectivity index (χ4v) is 3.38. The standard InChI is InChI=1S/C25H48O5/c1-4-5-6-7-8-12-15-18-24(27)29-21-23(20-26)30-25(28)19-16-13-10-9-11-14-17-22(2)3/h22-23,26H,4-21H2,1-3H3/t23-/m0/s1. The SMILES string of the molecule is CCCCCCCCCC(=O)OC[C@H](CO)OC(=O)CCCCCCCCC(C)C. The maximum absolute atomic E-state index is 11.9. The normalized spacial score (nSPS) is 12.2. The second-order valence-corrected chi connectivity index (χ2v) is 8.90. The number of carbonyl (C=O) groups excluding carboxylic acids is 2. The summed E-state index contributed by atoms with van der Waals surface area (Å²) < 4.78 is 10.4. The Labute approximate surface area is 185 Å². The summed E-state index contributed by atoms with van der Waals surface area (Å²) in [4.78, 5) is 23.7. The minimum atomic E-state index is -0.758. The van der Waals surface area contributed by atoms with E-state index in [4.69, 9.17) is 9.47 Å². The van der Waals surface area contributed by atoms with Crippen molar-refractivity contribution in [2.75, 3.05) is 13.2 Å². The maximum atomic E-state index is 11.9. The molecule has 1 N–H and O–H groups in total. The molecule has 0 aromatic carbocycles.